The number of hydrogen-bond donors (Lipinski definition) is 2. The molecular formula is C18H29ClN2O2. The van der Waals surface area contributed by atoms with Crippen LogP contribution in [0.2, 0.25) is 0 Å². The Labute approximate surface area is 145 Å². The van der Waals surface area contributed by atoms with E-state index in [4.69, 9.17) is 10.5 Å². The van der Waals surface area contributed by atoms with E-state index in [1.807, 2.05) is 31.2 Å². The van der Waals surface area contributed by atoms with Crippen LogP contribution in [0.4, 0.5) is 0 Å². The van der Waals surface area contributed by atoms with Crippen LogP contribution >= 0.6 is 12.4 Å². The molecule has 0 aliphatic heterocycles. The van der Waals surface area contributed by atoms with E-state index in [9.17, 15) is 4.79 Å². The molecule has 4 nitrogen and oxygen atoms in total. The van der Waals surface area contributed by atoms with Crippen molar-refractivity contribution in [1.82, 2.24) is 5.32 Å². The van der Waals surface area contributed by atoms with Crippen LogP contribution < -0.4 is 15.8 Å². The van der Waals surface area contributed by atoms with Gasteiger partial charge in [-0.05, 0) is 49.3 Å². The fourth-order valence-electron chi connectivity index (χ4n) is 2.55. The highest BCUT2D eigenvalue weighted by Gasteiger charge is 2.41. The summed E-state index contributed by atoms with van der Waals surface area (Å²) in [5.74, 6) is 1.92. The molecule has 1 aliphatic rings. The first kappa shape index (κ1) is 19.8. The second-order valence-corrected chi connectivity index (χ2v) is 6.97. The van der Waals surface area contributed by atoms with Gasteiger partial charge in [-0.25, -0.2) is 0 Å². The standard InChI is InChI=1S/C18H28N2O2.ClH/c1-13(2)11-22-16-8-4-14(5-9-16)10-17(21)20-18(3,12-19)15-6-7-15;/h4-5,8-9,13,15H,6-7,10-12,19H2,1-3H3,(H,20,21);1H. The fraction of sp³-hybridized carbons (Fsp3) is 0.611. The Hall–Kier alpha value is -1.26. The maximum atomic E-state index is 12.2. The molecule has 0 spiro atoms. The van der Waals surface area contributed by atoms with Crippen LogP contribution in [0.1, 0.15) is 39.2 Å². The number of hydrogen-bond acceptors (Lipinski definition) is 3. The van der Waals surface area contributed by atoms with Crippen molar-refractivity contribution in [3.63, 3.8) is 0 Å². The molecule has 1 aromatic rings. The average Bonchev–Trinajstić information content (AvgIpc) is 3.31. The van der Waals surface area contributed by atoms with Gasteiger partial charge in [0.05, 0.1) is 18.6 Å². The minimum atomic E-state index is -0.253. The highest BCUT2D eigenvalue weighted by atomic mass is 35.5. The van der Waals surface area contributed by atoms with Gasteiger partial charge in [-0.1, -0.05) is 26.0 Å². The van der Waals surface area contributed by atoms with Gasteiger partial charge in [0.15, 0.2) is 0 Å². The smallest absolute Gasteiger partial charge is 0.224 e. The molecule has 1 amide bonds. The number of amides is 1. The second-order valence-electron chi connectivity index (χ2n) is 6.97. The van der Waals surface area contributed by atoms with Crippen molar-refractivity contribution in [2.75, 3.05) is 13.2 Å². The molecule has 0 bridgehead atoms. The van der Waals surface area contributed by atoms with Gasteiger partial charge >= 0.3 is 0 Å². The Morgan fingerprint density at radius 3 is 2.43 bits per heavy atom. The third kappa shape index (κ3) is 6.04. The van der Waals surface area contributed by atoms with Crippen molar-refractivity contribution in [3.8, 4) is 5.75 Å². The number of halogens is 1. The zero-order valence-corrected chi connectivity index (χ0v) is 15.1. The summed E-state index contributed by atoms with van der Waals surface area (Å²) in [6.45, 7) is 7.48. The predicted octanol–water partition coefficient (Wildman–Crippen LogP) is 2.93. The van der Waals surface area contributed by atoms with Gasteiger partial charge in [0, 0.05) is 6.54 Å². The Kier molecular flexibility index (Phi) is 7.36. The quantitative estimate of drug-likeness (QED) is 0.764. The lowest BCUT2D eigenvalue weighted by molar-refractivity contribution is -0.122. The second kappa shape index (κ2) is 8.55. The topological polar surface area (TPSA) is 64.3 Å². The van der Waals surface area contributed by atoms with E-state index in [0.29, 0.717) is 31.4 Å². The van der Waals surface area contributed by atoms with Crippen molar-refractivity contribution in [2.24, 2.45) is 17.6 Å². The molecule has 1 aliphatic carbocycles. The first-order valence-electron chi connectivity index (χ1n) is 8.16. The first-order valence-corrected chi connectivity index (χ1v) is 8.16. The summed E-state index contributed by atoms with van der Waals surface area (Å²) in [5.41, 5.74) is 6.57. The van der Waals surface area contributed by atoms with Gasteiger partial charge < -0.3 is 15.8 Å². The van der Waals surface area contributed by atoms with Gasteiger partial charge in [-0.3, -0.25) is 4.79 Å². The molecular weight excluding hydrogens is 312 g/mol. The highest BCUT2D eigenvalue weighted by molar-refractivity contribution is 5.85. The molecule has 5 heteroatoms. The number of benzene rings is 1. The van der Waals surface area contributed by atoms with Crippen LogP contribution in [0.25, 0.3) is 0 Å². The van der Waals surface area contributed by atoms with Gasteiger partial charge in [0.1, 0.15) is 5.75 Å². The Morgan fingerprint density at radius 1 is 1.35 bits per heavy atom. The Balaban J connectivity index is 0.00000264. The third-order valence-corrected chi connectivity index (χ3v) is 4.20. The van der Waals surface area contributed by atoms with E-state index in [0.717, 1.165) is 24.2 Å². The van der Waals surface area contributed by atoms with E-state index in [-0.39, 0.29) is 23.9 Å². The summed E-state index contributed by atoms with van der Waals surface area (Å²) >= 11 is 0. The normalized spacial score (nSPS) is 16.4. The minimum absolute atomic E-state index is 0. The van der Waals surface area contributed by atoms with Crippen molar-refractivity contribution < 1.29 is 9.53 Å². The van der Waals surface area contributed by atoms with Crippen LogP contribution in [0.15, 0.2) is 24.3 Å². The Bertz CT molecular complexity index is 500. The number of carbonyl (C=O) groups is 1. The summed E-state index contributed by atoms with van der Waals surface area (Å²) in [7, 11) is 0. The summed E-state index contributed by atoms with van der Waals surface area (Å²) < 4.78 is 5.65. The van der Waals surface area contributed by atoms with Crippen molar-refractivity contribution >= 4 is 18.3 Å². The van der Waals surface area contributed by atoms with Crippen molar-refractivity contribution in [3.05, 3.63) is 29.8 Å². The molecule has 1 unspecified atom stereocenters. The van der Waals surface area contributed by atoms with Crippen LogP contribution in [0, 0.1) is 11.8 Å². The van der Waals surface area contributed by atoms with Crippen LogP contribution in [0.5, 0.6) is 5.75 Å². The van der Waals surface area contributed by atoms with Crippen LogP contribution in [0.3, 0.4) is 0 Å². The SMILES string of the molecule is CC(C)COc1ccc(CC(=O)NC(C)(CN)C2CC2)cc1.Cl. The summed E-state index contributed by atoms with van der Waals surface area (Å²) in [5, 5.41) is 3.11. The van der Waals surface area contributed by atoms with Gasteiger partial charge in [0.25, 0.3) is 0 Å². The van der Waals surface area contributed by atoms with E-state index >= 15 is 0 Å². The number of rotatable bonds is 8. The van der Waals surface area contributed by atoms with E-state index in [1.54, 1.807) is 0 Å². The number of nitrogens with one attached hydrogen (secondary N) is 1. The number of carbonyl (C=O) groups excluding carboxylic acids is 1. The van der Waals surface area contributed by atoms with Crippen molar-refractivity contribution in [2.45, 2.75) is 45.6 Å². The molecule has 130 valence electrons. The third-order valence-electron chi connectivity index (χ3n) is 4.20. The summed E-state index contributed by atoms with van der Waals surface area (Å²) in [4.78, 5) is 12.2. The highest BCUT2D eigenvalue weighted by Crippen LogP contribution is 2.38. The molecule has 0 aromatic heterocycles. The summed E-state index contributed by atoms with van der Waals surface area (Å²) in [6.07, 6.45) is 2.71. The Morgan fingerprint density at radius 2 is 1.96 bits per heavy atom. The largest absolute Gasteiger partial charge is 0.493 e. The lowest BCUT2D eigenvalue weighted by Gasteiger charge is -2.29. The molecule has 1 saturated carbocycles. The zero-order chi connectivity index (χ0) is 16.2. The molecule has 3 N–H and O–H groups in total. The van der Waals surface area contributed by atoms with Gasteiger partial charge in [-0.15, -0.1) is 12.4 Å². The van der Waals surface area contributed by atoms with E-state index in [2.05, 4.69) is 19.2 Å². The van der Waals surface area contributed by atoms with Crippen LogP contribution in [-0.4, -0.2) is 24.6 Å². The molecule has 23 heavy (non-hydrogen) atoms. The van der Waals surface area contributed by atoms with Gasteiger partial charge in [0.2, 0.25) is 5.91 Å². The molecule has 0 radical (unpaired) electrons. The molecule has 2 rings (SSSR count). The molecule has 0 saturated heterocycles. The van der Waals surface area contributed by atoms with E-state index in [1.165, 1.54) is 0 Å². The number of ether oxygens (including phenoxy) is 1. The predicted molar refractivity (Wildman–Crippen MR) is 96.1 cm³/mol. The zero-order valence-electron chi connectivity index (χ0n) is 14.3. The first-order chi connectivity index (χ1) is 10.4. The molecule has 1 atom stereocenters. The van der Waals surface area contributed by atoms with Crippen LogP contribution in [-0.2, 0) is 11.2 Å². The molecule has 1 fully saturated rings. The monoisotopic (exact) mass is 340 g/mol. The lowest BCUT2D eigenvalue weighted by atomic mass is 9.95. The molecule has 1 aromatic carbocycles. The average molecular weight is 341 g/mol. The minimum Gasteiger partial charge on any atom is -0.493 e. The van der Waals surface area contributed by atoms with E-state index < -0.39 is 0 Å². The molecule has 0 heterocycles. The maximum Gasteiger partial charge on any atom is 0.224 e. The fourth-order valence-corrected chi connectivity index (χ4v) is 2.55. The van der Waals surface area contributed by atoms with Gasteiger partial charge in [-0.2, -0.15) is 0 Å². The number of nitrogens with two attached hydrogens (primary N) is 1. The lowest BCUT2D eigenvalue weighted by Crippen LogP contribution is -2.53. The summed E-state index contributed by atoms with van der Waals surface area (Å²) in [6, 6.07) is 7.75. The maximum absolute atomic E-state index is 12.2. The van der Waals surface area contributed by atoms with Crippen molar-refractivity contribution in [1.29, 1.82) is 0 Å².